The van der Waals surface area contributed by atoms with Crippen LogP contribution in [0.5, 0.6) is 5.75 Å². The van der Waals surface area contributed by atoms with Gasteiger partial charge < -0.3 is 19.4 Å². The molecule has 1 heterocycles. The molecule has 2 aromatic rings. The molecule has 0 spiro atoms. The lowest BCUT2D eigenvalue weighted by molar-refractivity contribution is -0.141. The second-order valence-corrected chi connectivity index (χ2v) is 11.1. The number of carbonyl (C=O) groups excluding carboxylic acids is 3. The first kappa shape index (κ1) is 25.9. The number of hydrogen-bond acceptors (Lipinski definition) is 8. The Bertz CT molecular complexity index is 1220. The summed E-state index contributed by atoms with van der Waals surface area (Å²) in [5, 5.41) is 2.74. The van der Waals surface area contributed by atoms with E-state index in [1.807, 2.05) is 6.92 Å². The lowest BCUT2D eigenvalue weighted by Crippen LogP contribution is -2.40. The lowest BCUT2D eigenvalue weighted by atomic mass is 9.95. The van der Waals surface area contributed by atoms with Gasteiger partial charge in [0.25, 0.3) is 5.91 Å². The van der Waals surface area contributed by atoms with E-state index < -0.39 is 39.1 Å². The maximum absolute atomic E-state index is 12.5. The predicted molar refractivity (Wildman–Crippen MR) is 127 cm³/mol. The topological polar surface area (TPSA) is 133 Å². The van der Waals surface area contributed by atoms with Crippen molar-refractivity contribution in [1.29, 1.82) is 0 Å². The number of sulfone groups is 1. The third-order valence-corrected chi connectivity index (χ3v) is 7.80. The van der Waals surface area contributed by atoms with Gasteiger partial charge in [0.15, 0.2) is 14.6 Å². The largest absolute Gasteiger partial charge is 0.494 e. The van der Waals surface area contributed by atoms with Crippen LogP contribution in [-0.2, 0) is 35.5 Å². The Morgan fingerprint density at radius 2 is 1.91 bits per heavy atom. The van der Waals surface area contributed by atoms with Crippen molar-refractivity contribution in [2.75, 3.05) is 25.2 Å². The number of benzene rings is 1. The third-order valence-electron chi connectivity index (χ3n) is 5.37. The fourth-order valence-corrected chi connectivity index (χ4v) is 5.94. The summed E-state index contributed by atoms with van der Waals surface area (Å²) in [4.78, 5) is 40.7. The van der Waals surface area contributed by atoms with Crippen LogP contribution in [0.3, 0.4) is 0 Å². The van der Waals surface area contributed by atoms with Gasteiger partial charge in [-0.15, -0.1) is 0 Å². The molecule has 0 saturated heterocycles. The first-order valence-corrected chi connectivity index (χ1v) is 13.7. The highest BCUT2D eigenvalue weighted by Crippen LogP contribution is 2.23. The number of thiazole rings is 1. The Hall–Kier alpha value is -2.73. The fourth-order valence-electron chi connectivity index (χ4n) is 3.84. The number of methoxy groups -OCH3 is 1. The zero-order valence-corrected chi connectivity index (χ0v) is 20.9. The van der Waals surface area contributed by atoms with E-state index in [9.17, 15) is 22.8 Å². The second-order valence-electron chi connectivity index (χ2n) is 8.05. The number of carbonyl (C=O) groups is 3. The van der Waals surface area contributed by atoms with E-state index in [1.165, 1.54) is 11.7 Å². The average molecular weight is 512 g/mol. The van der Waals surface area contributed by atoms with Crippen molar-refractivity contribution in [1.82, 2.24) is 9.88 Å². The van der Waals surface area contributed by atoms with Crippen molar-refractivity contribution in [3.8, 4) is 5.75 Å². The molecule has 1 aliphatic carbocycles. The Labute approximate surface area is 201 Å². The summed E-state index contributed by atoms with van der Waals surface area (Å²) in [5.74, 6) is -3.12. The zero-order chi connectivity index (χ0) is 24.7. The minimum Gasteiger partial charge on any atom is -0.494 e. The molecule has 1 aromatic heterocycles. The fraction of sp³-hybridized carbons (Fsp3) is 0.545. The van der Waals surface area contributed by atoms with Crippen molar-refractivity contribution in [2.45, 2.75) is 51.6 Å². The molecule has 34 heavy (non-hydrogen) atoms. The van der Waals surface area contributed by atoms with Gasteiger partial charge in [-0.25, -0.2) is 8.42 Å². The van der Waals surface area contributed by atoms with E-state index in [0.717, 1.165) is 43.4 Å². The third kappa shape index (κ3) is 7.13. The van der Waals surface area contributed by atoms with Crippen LogP contribution in [0.4, 0.5) is 0 Å². The second kappa shape index (κ2) is 11.6. The molecule has 2 amide bonds. The van der Waals surface area contributed by atoms with E-state index in [4.69, 9.17) is 9.47 Å². The maximum Gasteiger partial charge on any atom is 0.325 e. The molecule has 12 heteroatoms. The standard InChI is InChI=1S/C22H29N3O7S2/c1-3-32-16-9-10-17-18(11-16)33-22(25(17)12-21(28)31-2)24-20(27)14-34(29,30)13-19(26)23-15-7-5-4-6-8-15/h9-11,15H,3-8,12-14H2,1-2H3,(H,23,26). The molecule has 0 bridgehead atoms. The zero-order valence-electron chi connectivity index (χ0n) is 19.2. The number of hydrogen-bond donors (Lipinski definition) is 1. The van der Waals surface area contributed by atoms with Crippen molar-refractivity contribution < 1.29 is 32.3 Å². The van der Waals surface area contributed by atoms with Gasteiger partial charge in [0.2, 0.25) is 5.91 Å². The van der Waals surface area contributed by atoms with Crippen molar-refractivity contribution in [3.63, 3.8) is 0 Å². The number of esters is 1. The van der Waals surface area contributed by atoms with Gasteiger partial charge in [-0.05, 0) is 38.0 Å². The minimum atomic E-state index is -4.01. The number of nitrogens with zero attached hydrogens (tertiary/aromatic N) is 2. The summed E-state index contributed by atoms with van der Waals surface area (Å²) in [6.45, 7) is 2.12. The Balaban J connectivity index is 1.79. The SMILES string of the molecule is CCOc1ccc2c(c1)sc(=NC(=O)CS(=O)(=O)CC(=O)NC1CCCCC1)n2CC(=O)OC. The predicted octanol–water partition coefficient (Wildman–Crippen LogP) is 1.57. The first-order chi connectivity index (χ1) is 16.2. The minimum absolute atomic E-state index is 0.0192. The Morgan fingerprint density at radius 1 is 1.18 bits per heavy atom. The highest BCUT2D eigenvalue weighted by atomic mass is 32.2. The lowest BCUT2D eigenvalue weighted by Gasteiger charge is -2.22. The summed E-state index contributed by atoms with van der Waals surface area (Å²) in [7, 11) is -2.76. The molecule has 1 aromatic carbocycles. The number of amides is 2. The molecule has 3 rings (SSSR count). The van der Waals surface area contributed by atoms with Crippen LogP contribution < -0.4 is 14.9 Å². The summed E-state index contributed by atoms with van der Waals surface area (Å²) in [5.41, 5.74) is 0.625. The Morgan fingerprint density at radius 3 is 2.59 bits per heavy atom. The smallest absolute Gasteiger partial charge is 0.325 e. The number of aromatic nitrogens is 1. The number of rotatable bonds is 9. The summed E-state index contributed by atoms with van der Waals surface area (Å²) in [6, 6.07) is 5.20. The molecule has 1 aliphatic rings. The normalized spacial score (nSPS) is 15.3. The molecule has 1 saturated carbocycles. The molecule has 10 nitrogen and oxygen atoms in total. The van der Waals surface area contributed by atoms with Gasteiger partial charge in [0.1, 0.15) is 23.8 Å². The summed E-state index contributed by atoms with van der Waals surface area (Å²) < 4.78 is 37.3. The van der Waals surface area contributed by atoms with Crippen molar-refractivity contribution in [3.05, 3.63) is 23.0 Å². The van der Waals surface area contributed by atoms with Gasteiger partial charge in [-0.2, -0.15) is 4.99 Å². The molecule has 0 unspecified atom stereocenters. The van der Waals surface area contributed by atoms with Crippen molar-refractivity contribution >= 4 is 49.2 Å². The monoisotopic (exact) mass is 511 g/mol. The van der Waals surface area contributed by atoms with E-state index in [1.54, 1.807) is 18.2 Å². The molecule has 0 atom stereocenters. The molecular weight excluding hydrogens is 482 g/mol. The van der Waals surface area contributed by atoms with Crippen molar-refractivity contribution in [2.24, 2.45) is 4.99 Å². The Kier molecular flexibility index (Phi) is 8.84. The van der Waals surface area contributed by atoms with Gasteiger partial charge >= 0.3 is 5.97 Å². The van der Waals surface area contributed by atoms with E-state index >= 15 is 0 Å². The van der Waals surface area contributed by atoms with Gasteiger partial charge in [0, 0.05) is 6.04 Å². The highest BCUT2D eigenvalue weighted by molar-refractivity contribution is 7.92. The van der Waals surface area contributed by atoms with Gasteiger partial charge in [-0.1, -0.05) is 30.6 Å². The quantitative estimate of drug-likeness (QED) is 0.505. The van der Waals surface area contributed by atoms with Crippen LogP contribution in [0, 0.1) is 0 Å². The van der Waals surface area contributed by atoms with Crippen LogP contribution in [0.25, 0.3) is 10.2 Å². The molecule has 186 valence electrons. The van der Waals surface area contributed by atoms with E-state index in [-0.39, 0.29) is 17.4 Å². The van der Waals surface area contributed by atoms with Crippen LogP contribution in [-0.4, -0.2) is 62.0 Å². The molecule has 0 aliphatic heterocycles. The van der Waals surface area contributed by atoms with E-state index in [0.29, 0.717) is 22.6 Å². The van der Waals surface area contributed by atoms with E-state index in [2.05, 4.69) is 10.3 Å². The highest BCUT2D eigenvalue weighted by Gasteiger charge is 2.23. The number of fused-ring (bicyclic) bond motifs is 1. The van der Waals surface area contributed by atoms with Gasteiger partial charge in [0.05, 0.1) is 23.9 Å². The summed E-state index contributed by atoms with van der Waals surface area (Å²) >= 11 is 1.12. The van der Waals surface area contributed by atoms with Gasteiger partial charge in [-0.3, -0.25) is 14.4 Å². The van der Waals surface area contributed by atoms with Crippen LogP contribution in [0.15, 0.2) is 23.2 Å². The molecule has 1 N–H and O–H groups in total. The molecule has 1 fully saturated rings. The molecular formula is C22H29N3O7S2. The van der Waals surface area contributed by atoms with Crippen LogP contribution >= 0.6 is 11.3 Å². The maximum atomic E-state index is 12.5. The number of nitrogens with one attached hydrogen (secondary N) is 1. The molecule has 0 radical (unpaired) electrons. The number of ether oxygens (including phenoxy) is 2. The van der Waals surface area contributed by atoms with Crippen LogP contribution in [0.2, 0.25) is 0 Å². The average Bonchev–Trinajstić information content (AvgIpc) is 3.09. The first-order valence-electron chi connectivity index (χ1n) is 11.1. The van der Waals surface area contributed by atoms with Crippen LogP contribution in [0.1, 0.15) is 39.0 Å². The summed E-state index contributed by atoms with van der Waals surface area (Å²) in [6.07, 6.45) is 4.78.